The van der Waals surface area contributed by atoms with Crippen LogP contribution >= 0.6 is 0 Å². The molecule has 3 nitrogen and oxygen atoms in total. The predicted molar refractivity (Wildman–Crippen MR) is 56.2 cm³/mol. The van der Waals surface area contributed by atoms with E-state index in [1.807, 2.05) is 24.3 Å². The Morgan fingerprint density at radius 1 is 1.46 bits per heavy atom. The lowest BCUT2D eigenvalue weighted by atomic mass is 10.1. The van der Waals surface area contributed by atoms with Crippen LogP contribution in [0.4, 0.5) is 5.69 Å². The summed E-state index contributed by atoms with van der Waals surface area (Å²) in [6.07, 6.45) is 0.882. The number of hydrogen-bond donors (Lipinski definition) is 2. The van der Waals surface area contributed by atoms with Crippen LogP contribution in [-0.2, 0) is 6.42 Å². The van der Waals surface area contributed by atoms with Gasteiger partial charge in [-0.15, -0.1) is 0 Å². The number of amidine groups is 1. The maximum absolute atomic E-state index is 5.47. The van der Waals surface area contributed by atoms with E-state index in [4.69, 9.17) is 11.5 Å². The van der Waals surface area contributed by atoms with Gasteiger partial charge in [0.25, 0.3) is 0 Å². The quantitative estimate of drug-likeness (QED) is 0.538. The minimum Gasteiger partial charge on any atom is -0.387 e. The van der Waals surface area contributed by atoms with Crippen molar-refractivity contribution in [2.24, 2.45) is 16.5 Å². The van der Waals surface area contributed by atoms with E-state index in [-0.39, 0.29) is 0 Å². The minimum absolute atomic E-state index is 0.574. The summed E-state index contributed by atoms with van der Waals surface area (Å²) < 4.78 is 0. The molecule has 0 unspecified atom stereocenters. The summed E-state index contributed by atoms with van der Waals surface area (Å²) in [5.74, 6) is 0.574. The third-order valence-electron chi connectivity index (χ3n) is 1.65. The van der Waals surface area contributed by atoms with Gasteiger partial charge in [-0.3, -0.25) is 0 Å². The lowest BCUT2D eigenvalue weighted by molar-refractivity contribution is 0.969. The highest BCUT2D eigenvalue weighted by molar-refractivity contribution is 5.80. The molecular weight excluding hydrogens is 162 g/mol. The first-order valence-corrected chi connectivity index (χ1v) is 4.32. The normalized spacial score (nSPS) is 11.7. The topological polar surface area (TPSA) is 64.4 Å². The number of nitrogens with two attached hydrogens (primary N) is 2. The van der Waals surface area contributed by atoms with Crippen molar-refractivity contribution in [3.63, 3.8) is 0 Å². The Bertz CT molecular complexity index is 301. The molecule has 0 amide bonds. The van der Waals surface area contributed by atoms with E-state index in [2.05, 4.69) is 4.99 Å². The van der Waals surface area contributed by atoms with Gasteiger partial charge in [-0.05, 0) is 37.6 Å². The summed E-state index contributed by atoms with van der Waals surface area (Å²) in [6.45, 7) is 2.43. The second-order valence-electron chi connectivity index (χ2n) is 2.96. The summed E-state index contributed by atoms with van der Waals surface area (Å²) in [6, 6.07) is 7.93. The highest BCUT2D eigenvalue weighted by atomic mass is 14.8. The fraction of sp³-hybridized carbons (Fsp3) is 0.300. The molecule has 0 aliphatic rings. The smallest absolute Gasteiger partial charge is 0.0964 e. The Hall–Kier alpha value is -1.35. The van der Waals surface area contributed by atoms with Crippen LogP contribution in [0.25, 0.3) is 0 Å². The number of rotatable bonds is 3. The van der Waals surface area contributed by atoms with Gasteiger partial charge in [0.2, 0.25) is 0 Å². The average molecular weight is 177 g/mol. The van der Waals surface area contributed by atoms with Crippen LogP contribution < -0.4 is 11.5 Å². The Balaban J connectivity index is 2.85. The molecule has 0 saturated carbocycles. The average Bonchev–Trinajstić information content (AvgIpc) is 2.04. The summed E-state index contributed by atoms with van der Waals surface area (Å²) >= 11 is 0. The molecule has 0 fully saturated rings. The zero-order chi connectivity index (χ0) is 9.68. The molecule has 0 aromatic heterocycles. The summed E-state index contributed by atoms with van der Waals surface area (Å²) in [5, 5.41) is 0. The Morgan fingerprint density at radius 2 is 2.23 bits per heavy atom. The van der Waals surface area contributed by atoms with Crippen molar-refractivity contribution in [2.45, 2.75) is 13.3 Å². The van der Waals surface area contributed by atoms with E-state index < -0.39 is 0 Å². The van der Waals surface area contributed by atoms with Gasteiger partial charge in [0.05, 0.1) is 11.5 Å². The third-order valence-corrected chi connectivity index (χ3v) is 1.65. The standard InChI is InChI=1S/C10H15N3/c1-8(12)13-10-4-2-3-9(7-10)5-6-11/h2-4,7H,5-6,11H2,1H3,(H2,12,13). The van der Waals surface area contributed by atoms with E-state index >= 15 is 0 Å². The molecule has 0 heterocycles. The molecule has 1 aromatic carbocycles. The zero-order valence-corrected chi connectivity index (χ0v) is 7.83. The Morgan fingerprint density at radius 3 is 2.85 bits per heavy atom. The highest BCUT2D eigenvalue weighted by Gasteiger charge is 1.93. The molecule has 0 saturated heterocycles. The van der Waals surface area contributed by atoms with Gasteiger partial charge in [-0.1, -0.05) is 12.1 Å². The van der Waals surface area contributed by atoms with E-state index in [1.165, 1.54) is 5.56 Å². The van der Waals surface area contributed by atoms with Crippen molar-refractivity contribution < 1.29 is 0 Å². The first kappa shape index (κ1) is 9.74. The zero-order valence-electron chi connectivity index (χ0n) is 7.83. The van der Waals surface area contributed by atoms with Gasteiger partial charge in [-0.25, -0.2) is 4.99 Å². The molecule has 70 valence electrons. The van der Waals surface area contributed by atoms with Crippen LogP contribution in [0.1, 0.15) is 12.5 Å². The maximum atomic E-state index is 5.47. The summed E-state index contributed by atoms with van der Waals surface area (Å²) in [5.41, 5.74) is 13.0. The van der Waals surface area contributed by atoms with Gasteiger partial charge in [0.15, 0.2) is 0 Å². The molecule has 0 aliphatic carbocycles. The van der Waals surface area contributed by atoms with Crippen LogP contribution in [0, 0.1) is 0 Å². The summed E-state index contributed by atoms with van der Waals surface area (Å²) in [7, 11) is 0. The van der Waals surface area contributed by atoms with E-state index in [9.17, 15) is 0 Å². The van der Waals surface area contributed by atoms with Crippen LogP contribution in [-0.4, -0.2) is 12.4 Å². The lowest BCUT2D eigenvalue weighted by Crippen LogP contribution is -2.04. The van der Waals surface area contributed by atoms with Crippen molar-refractivity contribution in [3.8, 4) is 0 Å². The number of nitrogens with zero attached hydrogens (tertiary/aromatic N) is 1. The van der Waals surface area contributed by atoms with Crippen LogP contribution in [0.5, 0.6) is 0 Å². The molecule has 3 heteroatoms. The molecule has 4 N–H and O–H groups in total. The van der Waals surface area contributed by atoms with Crippen molar-refractivity contribution in [1.29, 1.82) is 0 Å². The van der Waals surface area contributed by atoms with Crippen molar-refractivity contribution in [1.82, 2.24) is 0 Å². The van der Waals surface area contributed by atoms with Crippen LogP contribution in [0.2, 0.25) is 0 Å². The van der Waals surface area contributed by atoms with Gasteiger partial charge < -0.3 is 11.5 Å². The second kappa shape index (κ2) is 4.62. The Labute approximate surface area is 78.5 Å². The third kappa shape index (κ3) is 3.25. The number of hydrogen-bond acceptors (Lipinski definition) is 2. The molecule has 0 bridgehead atoms. The summed E-state index contributed by atoms with van der Waals surface area (Å²) in [4.78, 5) is 4.16. The number of aliphatic imine (C=N–C) groups is 1. The predicted octanol–water partition coefficient (Wildman–Crippen LogP) is 1.20. The van der Waals surface area contributed by atoms with Crippen molar-refractivity contribution in [3.05, 3.63) is 29.8 Å². The first-order valence-electron chi connectivity index (χ1n) is 4.32. The number of benzene rings is 1. The SMILES string of the molecule is CC(N)=Nc1cccc(CCN)c1. The molecule has 0 aliphatic heterocycles. The van der Waals surface area contributed by atoms with Crippen molar-refractivity contribution >= 4 is 11.5 Å². The van der Waals surface area contributed by atoms with E-state index in [1.54, 1.807) is 6.92 Å². The van der Waals surface area contributed by atoms with Gasteiger partial charge in [0.1, 0.15) is 0 Å². The van der Waals surface area contributed by atoms with E-state index in [0.29, 0.717) is 12.4 Å². The van der Waals surface area contributed by atoms with Gasteiger partial charge in [-0.2, -0.15) is 0 Å². The fourth-order valence-corrected chi connectivity index (χ4v) is 1.15. The molecule has 13 heavy (non-hydrogen) atoms. The lowest BCUT2D eigenvalue weighted by Gasteiger charge is -2.00. The molecule has 1 aromatic rings. The molecule has 0 atom stereocenters. The monoisotopic (exact) mass is 177 g/mol. The van der Waals surface area contributed by atoms with Crippen molar-refractivity contribution in [2.75, 3.05) is 6.54 Å². The van der Waals surface area contributed by atoms with Gasteiger partial charge in [0, 0.05) is 0 Å². The first-order chi connectivity index (χ1) is 6.22. The Kier molecular flexibility index (Phi) is 3.46. The minimum atomic E-state index is 0.574. The molecule has 1 rings (SSSR count). The van der Waals surface area contributed by atoms with Gasteiger partial charge >= 0.3 is 0 Å². The van der Waals surface area contributed by atoms with Crippen LogP contribution in [0.15, 0.2) is 29.3 Å². The maximum Gasteiger partial charge on any atom is 0.0964 e. The molecular formula is C10H15N3. The largest absolute Gasteiger partial charge is 0.387 e. The molecule has 0 radical (unpaired) electrons. The highest BCUT2D eigenvalue weighted by Crippen LogP contribution is 2.13. The fourth-order valence-electron chi connectivity index (χ4n) is 1.15. The van der Waals surface area contributed by atoms with Crippen LogP contribution in [0.3, 0.4) is 0 Å². The van der Waals surface area contributed by atoms with E-state index in [0.717, 1.165) is 12.1 Å². The molecule has 0 spiro atoms. The second-order valence-corrected chi connectivity index (χ2v) is 2.96.